The van der Waals surface area contributed by atoms with Gasteiger partial charge < -0.3 is 5.32 Å². The van der Waals surface area contributed by atoms with Crippen molar-refractivity contribution in [2.45, 2.75) is 18.4 Å². The second-order valence-corrected chi connectivity index (χ2v) is 10.2. The van der Waals surface area contributed by atoms with Crippen molar-refractivity contribution in [2.24, 2.45) is 5.10 Å². The molecule has 0 saturated carbocycles. The summed E-state index contributed by atoms with van der Waals surface area (Å²) in [4.78, 5) is 23.8. The highest BCUT2D eigenvalue weighted by molar-refractivity contribution is 9.10. The number of nitrogens with zero attached hydrogens (tertiary/aromatic N) is 2. The molecule has 0 aliphatic carbocycles. The normalized spacial score (nSPS) is 11.5. The molecule has 0 aromatic heterocycles. The monoisotopic (exact) mass is 542 g/mol. The molecule has 8 nitrogen and oxygen atoms in total. The van der Waals surface area contributed by atoms with E-state index in [9.17, 15) is 18.0 Å². The van der Waals surface area contributed by atoms with E-state index >= 15 is 0 Å². The van der Waals surface area contributed by atoms with Gasteiger partial charge in [0.15, 0.2) is 0 Å². The summed E-state index contributed by atoms with van der Waals surface area (Å²) in [7, 11) is -4.02. The van der Waals surface area contributed by atoms with E-state index in [2.05, 4.69) is 31.8 Å². The average Bonchev–Trinajstić information content (AvgIpc) is 2.79. The van der Waals surface area contributed by atoms with Crippen LogP contribution in [0.15, 0.2) is 93.3 Å². The summed E-state index contributed by atoms with van der Waals surface area (Å²) in [5.74, 6) is -0.845. The molecule has 0 atom stereocenters. The highest BCUT2D eigenvalue weighted by Crippen LogP contribution is 2.20. The third-order valence-corrected chi connectivity index (χ3v) is 6.88. The first-order valence-corrected chi connectivity index (χ1v) is 12.5. The van der Waals surface area contributed by atoms with Crippen LogP contribution in [0.2, 0.25) is 0 Å². The summed E-state index contributed by atoms with van der Waals surface area (Å²) >= 11 is 3.36. The van der Waals surface area contributed by atoms with Gasteiger partial charge in [0, 0.05) is 23.6 Å². The van der Waals surface area contributed by atoms with Gasteiger partial charge in [0.2, 0.25) is 15.9 Å². The smallest absolute Gasteiger partial charge is 0.255 e. The number of anilines is 1. The van der Waals surface area contributed by atoms with Gasteiger partial charge in [-0.2, -0.15) is 9.41 Å². The molecule has 0 bridgehead atoms. The molecule has 0 aliphatic heterocycles. The van der Waals surface area contributed by atoms with E-state index in [0.29, 0.717) is 5.69 Å². The molecule has 0 saturated heterocycles. The number of halogens is 1. The molecule has 3 rings (SSSR count). The van der Waals surface area contributed by atoms with Crippen molar-refractivity contribution >= 4 is 49.7 Å². The Morgan fingerprint density at radius 2 is 1.71 bits per heavy atom. The third kappa shape index (κ3) is 7.34. The van der Waals surface area contributed by atoms with E-state index in [4.69, 9.17) is 0 Å². The fourth-order valence-corrected chi connectivity index (χ4v) is 4.84. The molecule has 0 unspecified atom stereocenters. The van der Waals surface area contributed by atoms with E-state index < -0.39 is 22.5 Å². The minimum Gasteiger partial charge on any atom is -0.326 e. The number of carbonyl (C=O) groups excluding carboxylic acids is 2. The molecule has 0 radical (unpaired) electrons. The van der Waals surface area contributed by atoms with Crippen LogP contribution in [0.4, 0.5) is 5.69 Å². The second-order valence-electron chi connectivity index (χ2n) is 7.31. The highest BCUT2D eigenvalue weighted by atomic mass is 79.9. The van der Waals surface area contributed by atoms with Gasteiger partial charge in [-0.05, 0) is 47.5 Å². The Balaban J connectivity index is 1.78. The van der Waals surface area contributed by atoms with Crippen molar-refractivity contribution in [1.82, 2.24) is 9.73 Å². The summed E-state index contributed by atoms with van der Waals surface area (Å²) in [6.07, 6.45) is 1.47. The zero-order valence-electron chi connectivity index (χ0n) is 18.3. The van der Waals surface area contributed by atoms with Crippen LogP contribution in [-0.4, -0.2) is 37.3 Å². The molecule has 10 heteroatoms. The van der Waals surface area contributed by atoms with E-state index in [1.54, 1.807) is 24.3 Å². The number of hydrazone groups is 1. The maximum Gasteiger partial charge on any atom is 0.255 e. The van der Waals surface area contributed by atoms with Gasteiger partial charge in [-0.15, -0.1) is 0 Å². The van der Waals surface area contributed by atoms with Gasteiger partial charge in [-0.25, -0.2) is 13.8 Å². The van der Waals surface area contributed by atoms with Crippen LogP contribution in [0.5, 0.6) is 0 Å². The van der Waals surface area contributed by atoms with Gasteiger partial charge in [0.25, 0.3) is 5.91 Å². The van der Waals surface area contributed by atoms with Crippen LogP contribution >= 0.6 is 15.9 Å². The SMILES string of the molecule is CC(=O)Nc1ccc(S(=O)(=O)N(CC(=O)N/N=C\c2cccc(Br)c2)Cc2ccccc2)cc1. The standard InChI is InChI=1S/C24H23BrN4O4S/c1-18(30)27-22-10-12-23(13-11-22)34(32,33)29(16-19-6-3-2-4-7-19)17-24(31)28-26-15-20-8-5-9-21(25)14-20/h2-15H,16-17H2,1H3,(H,27,30)(H,28,31)/b26-15-. The van der Waals surface area contributed by atoms with E-state index in [-0.39, 0.29) is 17.3 Å². The fourth-order valence-electron chi connectivity index (χ4n) is 3.04. The molecular formula is C24H23BrN4O4S. The molecule has 0 fully saturated rings. The summed E-state index contributed by atoms with van der Waals surface area (Å²) in [5, 5.41) is 6.52. The van der Waals surface area contributed by atoms with Crippen LogP contribution in [-0.2, 0) is 26.2 Å². The van der Waals surface area contributed by atoms with Crippen LogP contribution in [0.3, 0.4) is 0 Å². The van der Waals surface area contributed by atoms with Gasteiger partial charge in [-0.1, -0.05) is 58.4 Å². The van der Waals surface area contributed by atoms with Crippen LogP contribution in [0.1, 0.15) is 18.1 Å². The lowest BCUT2D eigenvalue weighted by molar-refractivity contribution is -0.121. The van der Waals surface area contributed by atoms with Gasteiger partial charge in [0.1, 0.15) is 0 Å². The molecule has 34 heavy (non-hydrogen) atoms. The third-order valence-electron chi connectivity index (χ3n) is 4.59. The predicted octanol–water partition coefficient (Wildman–Crippen LogP) is 3.75. The number of sulfonamides is 1. The summed E-state index contributed by atoms with van der Waals surface area (Å²) < 4.78 is 28.7. The lowest BCUT2D eigenvalue weighted by Gasteiger charge is -2.21. The highest BCUT2D eigenvalue weighted by Gasteiger charge is 2.27. The Morgan fingerprint density at radius 1 is 1.00 bits per heavy atom. The molecular weight excluding hydrogens is 520 g/mol. The number of benzene rings is 3. The van der Waals surface area contributed by atoms with Crippen molar-refractivity contribution in [3.8, 4) is 0 Å². The Labute approximate surface area is 206 Å². The molecule has 0 heterocycles. The first-order chi connectivity index (χ1) is 16.2. The van der Waals surface area contributed by atoms with Gasteiger partial charge in [-0.3, -0.25) is 9.59 Å². The number of amides is 2. The van der Waals surface area contributed by atoms with Gasteiger partial charge >= 0.3 is 0 Å². The van der Waals surface area contributed by atoms with Crippen molar-refractivity contribution in [3.05, 3.63) is 94.5 Å². The molecule has 2 amide bonds. The predicted molar refractivity (Wildman–Crippen MR) is 135 cm³/mol. The average molecular weight is 543 g/mol. The molecule has 0 aliphatic rings. The quantitative estimate of drug-likeness (QED) is 0.317. The van der Waals surface area contributed by atoms with E-state index in [1.807, 2.05) is 30.3 Å². The van der Waals surface area contributed by atoms with Crippen molar-refractivity contribution in [2.75, 3.05) is 11.9 Å². The van der Waals surface area contributed by atoms with Crippen LogP contribution in [0.25, 0.3) is 0 Å². The van der Waals surface area contributed by atoms with Crippen molar-refractivity contribution in [3.63, 3.8) is 0 Å². The zero-order valence-corrected chi connectivity index (χ0v) is 20.7. The molecule has 3 aromatic rings. The molecule has 3 aromatic carbocycles. The Morgan fingerprint density at radius 3 is 2.35 bits per heavy atom. The van der Waals surface area contributed by atoms with Crippen LogP contribution < -0.4 is 10.7 Å². The van der Waals surface area contributed by atoms with E-state index in [1.165, 1.54) is 37.4 Å². The van der Waals surface area contributed by atoms with Gasteiger partial charge in [0.05, 0.1) is 17.7 Å². The zero-order chi connectivity index (χ0) is 24.6. The minimum atomic E-state index is -4.02. The lowest BCUT2D eigenvalue weighted by Crippen LogP contribution is -2.39. The van der Waals surface area contributed by atoms with Crippen LogP contribution in [0, 0.1) is 0 Å². The second kappa shape index (κ2) is 11.7. The summed E-state index contributed by atoms with van der Waals surface area (Å²) in [5.41, 5.74) is 4.35. The number of nitrogens with one attached hydrogen (secondary N) is 2. The Hall–Kier alpha value is -3.34. The number of hydrogen-bond donors (Lipinski definition) is 2. The first kappa shape index (κ1) is 25.3. The number of carbonyl (C=O) groups is 2. The first-order valence-electron chi connectivity index (χ1n) is 10.2. The maximum atomic E-state index is 13.4. The largest absolute Gasteiger partial charge is 0.326 e. The number of hydrogen-bond acceptors (Lipinski definition) is 5. The Kier molecular flexibility index (Phi) is 8.69. The topological polar surface area (TPSA) is 108 Å². The van der Waals surface area contributed by atoms with Crippen molar-refractivity contribution < 1.29 is 18.0 Å². The molecule has 0 spiro atoms. The number of rotatable bonds is 9. The maximum absolute atomic E-state index is 13.4. The van der Waals surface area contributed by atoms with Crippen molar-refractivity contribution in [1.29, 1.82) is 0 Å². The minimum absolute atomic E-state index is 0.000608. The molecule has 176 valence electrons. The fraction of sp³-hybridized carbons (Fsp3) is 0.125. The lowest BCUT2D eigenvalue weighted by atomic mass is 10.2. The summed E-state index contributed by atoms with van der Waals surface area (Å²) in [6, 6.07) is 22.1. The summed E-state index contributed by atoms with van der Waals surface area (Å²) in [6.45, 7) is 0.934. The van der Waals surface area contributed by atoms with E-state index in [0.717, 1.165) is 19.9 Å². The molecule has 2 N–H and O–H groups in total. The Bertz CT molecular complexity index is 1280.